The number of aliphatic carboxylic acids is 1. The maximum atomic E-state index is 14.0. The van der Waals surface area contributed by atoms with Crippen molar-refractivity contribution in [2.24, 2.45) is 4.99 Å². The number of fused-ring (bicyclic) bond motifs is 1. The van der Waals surface area contributed by atoms with E-state index in [9.17, 15) is 14.4 Å². The van der Waals surface area contributed by atoms with Gasteiger partial charge in [-0.3, -0.25) is 9.36 Å². The monoisotopic (exact) mass is 664 g/mol. The highest BCUT2D eigenvalue weighted by Gasteiger charge is 2.35. The van der Waals surface area contributed by atoms with Gasteiger partial charge in [-0.05, 0) is 70.6 Å². The van der Waals surface area contributed by atoms with Crippen LogP contribution in [0.1, 0.15) is 29.7 Å². The summed E-state index contributed by atoms with van der Waals surface area (Å²) < 4.78 is 13.3. The summed E-state index contributed by atoms with van der Waals surface area (Å²) in [7, 11) is 0. The lowest BCUT2D eigenvalue weighted by Gasteiger charge is -2.26. The minimum absolute atomic E-state index is 0.175. The van der Waals surface area contributed by atoms with Gasteiger partial charge in [0, 0.05) is 10.5 Å². The molecular weight excluding hydrogens is 640 g/mol. The molecule has 5 rings (SSSR count). The molecule has 1 aliphatic rings. The first kappa shape index (κ1) is 29.6. The van der Waals surface area contributed by atoms with E-state index in [0.717, 1.165) is 16.0 Å². The Hall–Kier alpha value is -3.93. The molecule has 2 heterocycles. The number of esters is 1. The first-order chi connectivity index (χ1) is 20.3. The maximum absolute atomic E-state index is 14.0. The molecule has 1 atom stereocenters. The van der Waals surface area contributed by atoms with Crippen molar-refractivity contribution in [3.8, 4) is 5.75 Å². The number of nitrogens with zero attached hydrogens (tertiary/aromatic N) is 2. The van der Waals surface area contributed by atoms with Crippen LogP contribution in [0.3, 0.4) is 0 Å². The van der Waals surface area contributed by atoms with Crippen molar-refractivity contribution < 1.29 is 24.2 Å². The molecule has 4 aromatic rings. The number of benzene rings is 3. The summed E-state index contributed by atoms with van der Waals surface area (Å²) in [6.07, 6.45) is 3.72. The van der Waals surface area contributed by atoms with Crippen LogP contribution in [0, 0.1) is 0 Å². The third kappa shape index (κ3) is 6.13. The Labute approximate surface area is 257 Å². The van der Waals surface area contributed by atoms with E-state index >= 15 is 0 Å². The first-order valence-electron chi connectivity index (χ1n) is 12.9. The van der Waals surface area contributed by atoms with E-state index in [2.05, 4.69) is 15.9 Å². The van der Waals surface area contributed by atoms with Gasteiger partial charge in [0.25, 0.3) is 5.56 Å². The number of thiazole rings is 1. The van der Waals surface area contributed by atoms with Crippen molar-refractivity contribution >= 4 is 62.7 Å². The predicted molar refractivity (Wildman–Crippen MR) is 167 cm³/mol. The molecule has 11 heteroatoms. The van der Waals surface area contributed by atoms with Gasteiger partial charge in [-0.15, -0.1) is 11.8 Å². The number of hydrogen-bond donors (Lipinski definition) is 1. The number of aromatic nitrogens is 1. The normalized spacial score (nSPS) is 14.7. The molecule has 214 valence electrons. The summed E-state index contributed by atoms with van der Waals surface area (Å²) in [6.45, 7) is 1.45. The zero-order valence-electron chi connectivity index (χ0n) is 22.6. The predicted octanol–water partition coefficient (Wildman–Crippen LogP) is 4.88. The number of rotatable bonds is 9. The molecular formula is C31H25BrN2O6S2. The third-order valence-corrected chi connectivity index (χ3v) is 8.76. The number of carboxylic acid groups (broad SMARTS) is 1. The van der Waals surface area contributed by atoms with Crippen LogP contribution < -0.4 is 19.6 Å². The minimum atomic E-state index is -1.08. The standard InChI is InChI=1S/C31H25BrN2O6S2/c1-3-39-30(38)26-27(19-7-5-4-6-8-19)33-31-34(28(26)20-10-12-21(41-2)13-11-20)29(37)24(42-31)16-18-9-14-23(22(32)15-18)40-17-25(35)36/h4-16,28H,3,17H2,1-2H3,(H,35,36)/b24-16+/t28-/m1/s1. The lowest BCUT2D eigenvalue weighted by Crippen LogP contribution is -2.40. The number of carbonyl (C=O) groups is 2. The highest BCUT2D eigenvalue weighted by atomic mass is 79.9. The lowest BCUT2D eigenvalue weighted by molar-refractivity contribution is -0.140. The van der Waals surface area contributed by atoms with Crippen molar-refractivity contribution in [2.75, 3.05) is 19.5 Å². The highest BCUT2D eigenvalue weighted by molar-refractivity contribution is 9.10. The number of ether oxygens (including phenoxy) is 2. The Morgan fingerprint density at radius 2 is 1.86 bits per heavy atom. The quantitative estimate of drug-likeness (QED) is 0.201. The molecule has 0 fully saturated rings. The summed E-state index contributed by atoms with van der Waals surface area (Å²) in [5.74, 6) is -1.24. The van der Waals surface area contributed by atoms with E-state index in [1.165, 1.54) is 11.3 Å². The molecule has 1 N–H and O–H groups in total. The largest absolute Gasteiger partial charge is 0.481 e. The average Bonchev–Trinajstić information content (AvgIpc) is 3.30. The second-order valence-corrected chi connectivity index (χ2v) is 11.8. The van der Waals surface area contributed by atoms with Gasteiger partial charge in [0.05, 0.1) is 32.9 Å². The van der Waals surface area contributed by atoms with Gasteiger partial charge in [-0.1, -0.05) is 59.9 Å². The van der Waals surface area contributed by atoms with Gasteiger partial charge in [0.1, 0.15) is 5.75 Å². The second kappa shape index (κ2) is 12.9. The molecule has 8 nitrogen and oxygen atoms in total. The number of thioether (sulfide) groups is 1. The molecule has 0 unspecified atom stereocenters. The number of halogens is 1. The van der Waals surface area contributed by atoms with Gasteiger partial charge < -0.3 is 14.6 Å². The molecule has 0 aliphatic carbocycles. The Morgan fingerprint density at radius 3 is 2.50 bits per heavy atom. The van der Waals surface area contributed by atoms with E-state index in [-0.39, 0.29) is 12.2 Å². The van der Waals surface area contributed by atoms with E-state index in [4.69, 9.17) is 19.6 Å². The van der Waals surface area contributed by atoms with E-state index in [1.807, 2.05) is 60.9 Å². The van der Waals surface area contributed by atoms with E-state index in [0.29, 0.717) is 36.4 Å². The summed E-state index contributed by atoms with van der Waals surface area (Å²) in [5.41, 5.74) is 2.65. The number of carbonyl (C=O) groups excluding carboxylic acids is 1. The van der Waals surface area contributed by atoms with E-state index in [1.54, 1.807) is 47.5 Å². The van der Waals surface area contributed by atoms with Crippen LogP contribution >= 0.6 is 39.0 Å². The smallest absolute Gasteiger partial charge is 0.341 e. The Balaban J connectivity index is 1.72. The van der Waals surface area contributed by atoms with Crippen molar-refractivity contribution in [3.05, 3.63) is 119 Å². The number of hydrogen-bond acceptors (Lipinski definition) is 8. The van der Waals surface area contributed by atoms with Crippen LogP contribution in [-0.4, -0.2) is 41.1 Å². The maximum Gasteiger partial charge on any atom is 0.341 e. The van der Waals surface area contributed by atoms with Crippen molar-refractivity contribution in [1.82, 2.24) is 4.57 Å². The fourth-order valence-corrected chi connectivity index (χ4v) is 6.48. The molecule has 0 spiro atoms. The average molecular weight is 666 g/mol. The van der Waals surface area contributed by atoms with Crippen molar-refractivity contribution in [3.63, 3.8) is 0 Å². The number of carboxylic acids is 1. The second-order valence-electron chi connectivity index (χ2n) is 9.08. The zero-order chi connectivity index (χ0) is 29.8. The lowest BCUT2D eigenvalue weighted by atomic mass is 9.93. The van der Waals surface area contributed by atoms with Crippen LogP contribution in [0.5, 0.6) is 5.75 Å². The molecule has 42 heavy (non-hydrogen) atoms. The van der Waals surface area contributed by atoms with Gasteiger partial charge >= 0.3 is 11.9 Å². The fraction of sp³-hybridized carbons (Fsp3) is 0.161. The van der Waals surface area contributed by atoms with Crippen molar-refractivity contribution in [2.45, 2.75) is 17.9 Å². The first-order valence-corrected chi connectivity index (χ1v) is 15.7. The van der Waals surface area contributed by atoms with Crippen LogP contribution in [0.15, 0.2) is 97.5 Å². The van der Waals surface area contributed by atoms with E-state index < -0.39 is 24.6 Å². The molecule has 0 saturated carbocycles. The molecule has 0 radical (unpaired) electrons. The third-order valence-electron chi connectivity index (χ3n) is 6.41. The molecule has 0 bridgehead atoms. The van der Waals surface area contributed by atoms with Crippen LogP contribution in [0.2, 0.25) is 0 Å². The molecule has 1 aliphatic heterocycles. The van der Waals surface area contributed by atoms with Crippen LogP contribution in [0.25, 0.3) is 11.8 Å². The van der Waals surface area contributed by atoms with Gasteiger partial charge in [-0.25, -0.2) is 14.6 Å². The minimum Gasteiger partial charge on any atom is -0.481 e. The zero-order valence-corrected chi connectivity index (χ0v) is 25.8. The summed E-state index contributed by atoms with van der Waals surface area (Å²) in [4.78, 5) is 44.8. The van der Waals surface area contributed by atoms with Gasteiger partial charge in [0.2, 0.25) is 0 Å². The van der Waals surface area contributed by atoms with Crippen molar-refractivity contribution in [1.29, 1.82) is 0 Å². The summed E-state index contributed by atoms with van der Waals surface area (Å²) >= 11 is 6.24. The van der Waals surface area contributed by atoms with Gasteiger partial charge in [-0.2, -0.15) is 0 Å². The SMILES string of the molecule is CCOC(=O)C1=C(c2ccccc2)N=c2s/c(=C/c3ccc(OCC(=O)O)c(Br)c3)c(=O)n2[C@@H]1c1ccc(SC)cc1. The summed E-state index contributed by atoms with van der Waals surface area (Å²) in [5, 5.41) is 8.91. The Bertz CT molecular complexity index is 1860. The van der Waals surface area contributed by atoms with Crippen LogP contribution in [-0.2, 0) is 14.3 Å². The summed E-state index contributed by atoms with van der Waals surface area (Å²) in [6, 6.07) is 21.5. The molecule has 0 amide bonds. The highest BCUT2D eigenvalue weighted by Crippen LogP contribution is 2.35. The topological polar surface area (TPSA) is 107 Å². The molecule has 1 aromatic heterocycles. The molecule has 3 aromatic carbocycles. The van der Waals surface area contributed by atoms with Crippen LogP contribution in [0.4, 0.5) is 0 Å². The Morgan fingerprint density at radius 1 is 1.12 bits per heavy atom. The fourth-order valence-electron chi connectivity index (χ4n) is 4.56. The molecule has 0 saturated heterocycles. The van der Waals surface area contributed by atoms with Gasteiger partial charge in [0.15, 0.2) is 11.4 Å². The Kier molecular flexibility index (Phi) is 9.10.